The first kappa shape index (κ1) is 13.4. The minimum absolute atomic E-state index is 0.0134. The number of amides is 1. The highest BCUT2D eigenvalue weighted by Crippen LogP contribution is 2.35. The summed E-state index contributed by atoms with van der Waals surface area (Å²) in [6, 6.07) is 4.26. The van der Waals surface area contributed by atoms with E-state index in [1.54, 1.807) is 0 Å². The first-order valence-electron chi connectivity index (χ1n) is 7.31. The molecule has 1 saturated heterocycles. The Bertz CT molecular complexity index is 521. The van der Waals surface area contributed by atoms with Gasteiger partial charge in [-0.1, -0.05) is 17.7 Å². The Labute approximate surface area is 119 Å². The second kappa shape index (κ2) is 5.44. The summed E-state index contributed by atoms with van der Waals surface area (Å²) in [6.07, 6.45) is 2.34. The molecule has 1 fully saturated rings. The maximum atomic E-state index is 12.2. The number of carbonyl (C=O) groups is 1. The van der Waals surface area contributed by atoms with Gasteiger partial charge in [-0.25, -0.2) is 0 Å². The SMILES string of the molecule is Cc1cc(C)c2c(c1)[C@@H](NC(=O)[C@H]1CCCO1)CCO2. The summed E-state index contributed by atoms with van der Waals surface area (Å²) in [4.78, 5) is 12.2. The number of aryl methyl sites for hydroxylation is 2. The average Bonchev–Trinajstić information content (AvgIpc) is 2.93. The van der Waals surface area contributed by atoms with Crippen molar-refractivity contribution in [2.24, 2.45) is 0 Å². The van der Waals surface area contributed by atoms with Crippen LogP contribution in [0.3, 0.4) is 0 Å². The van der Waals surface area contributed by atoms with Gasteiger partial charge in [0.2, 0.25) is 5.91 Å². The van der Waals surface area contributed by atoms with Gasteiger partial charge < -0.3 is 14.8 Å². The van der Waals surface area contributed by atoms with Crippen molar-refractivity contribution in [1.29, 1.82) is 0 Å². The molecule has 1 aromatic carbocycles. The lowest BCUT2D eigenvalue weighted by atomic mass is 9.95. The average molecular weight is 275 g/mol. The number of hydrogen-bond donors (Lipinski definition) is 1. The van der Waals surface area contributed by atoms with Crippen molar-refractivity contribution in [1.82, 2.24) is 5.32 Å². The summed E-state index contributed by atoms with van der Waals surface area (Å²) < 4.78 is 11.2. The third-order valence-electron chi connectivity index (χ3n) is 4.01. The van der Waals surface area contributed by atoms with Crippen LogP contribution in [-0.4, -0.2) is 25.2 Å². The van der Waals surface area contributed by atoms with Crippen molar-refractivity contribution in [3.63, 3.8) is 0 Å². The lowest BCUT2D eigenvalue weighted by Gasteiger charge is -2.29. The minimum Gasteiger partial charge on any atom is -0.493 e. The minimum atomic E-state index is -0.271. The van der Waals surface area contributed by atoms with Crippen LogP contribution in [0.25, 0.3) is 0 Å². The van der Waals surface area contributed by atoms with E-state index in [9.17, 15) is 4.79 Å². The zero-order valence-electron chi connectivity index (χ0n) is 12.1. The molecule has 0 aromatic heterocycles. The molecule has 0 unspecified atom stereocenters. The molecule has 4 nitrogen and oxygen atoms in total. The van der Waals surface area contributed by atoms with Crippen LogP contribution in [0.2, 0.25) is 0 Å². The van der Waals surface area contributed by atoms with Crippen molar-refractivity contribution >= 4 is 5.91 Å². The largest absolute Gasteiger partial charge is 0.493 e. The van der Waals surface area contributed by atoms with Crippen LogP contribution in [-0.2, 0) is 9.53 Å². The molecule has 4 heteroatoms. The van der Waals surface area contributed by atoms with Crippen molar-refractivity contribution in [3.05, 3.63) is 28.8 Å². The van der Waals surface area contributed by atoms with Gasteiger partial charge in [-0.2, -0.15) is 0 Å². The molecule has 108 valence electrons. The lowest BCUT2D eigenvalue weighted by Crippen LogP contribution is -2.38. The second-order valence-corrected chi connectivity index (χ2v) is 5.70. The maximum Gasteiger partial charge on any atom is 0.249 e. The summed E-state index contributed by atoms with van der Waals surface area (Å²) >= 11 is 0. The molecule has 1 amide bonds. The van der Waals surface area contributed by atoms with Crippen LogP contribution in [0.5, 0.6) is 5.75 Å². The molecule has 20 heavy (non-hydrogen) atoms. The highest BCUT2D eigenvalue weighted by molar-refractivity contribution is 5.81. The maximum absolute atomic E-state index is 12.2. The molecule has 2 aliphatic rings. The second-order valence-electron chi connectivity index (χ2n) is 5.70. The first-order chi connectivity index (χ1) is 9.65. The molecule has 0 aliphatic carbocycles. The van der Waals surface area contributed by atoms with Gasteiger partial charge in [-0.05, 0) is 32.3 Å². The summed E-state index contributed by atoms with van der Waals surface area (Å²) in [5, 5.41) is 3.13. The Morgan fingerprint density at radius 2 is 2.10 bits per heavy atom. The fraction of sp³-hybridized carbons (Fsp3) is 0.562. The molecule has 1 aromatic rings. The molecule has 2 heterocycles. The van der Waals surface area contributed by atoms with Crippen molar-refractivity contribution < 1.29 is 14.3 Å². The molecular formula is C16H21NO3. The van der Waals surface area contributed by atoms with Crippen molar-refractivity contribution in [2.45, 2.75) is 45.3 Å². The zero-order chi connectivity index (χ0) is 14.1. The summed E-state index contributed by atoms with van der Waals surface area (Å²) in [6.45, 7) is 5.46. The highest BCUT2D eigenvalue weighted by atomic mass is 16.5. The highest BCUT2D eigenvalue weighted by Gasteiger charge is 2.29. The number of rotatable bonds is 2. The van der Waals surface area contributed by atoms with Crippen LogP contribution in [0.4, 0.5) is 0 Å². The monoisotopic (exact) mass is 275 g/mol. The Morgan fingerprint density at radius 3 is 2.85 bits per heavy atom. The van der Waals surface area contributed by atoms with Crippen LogP contribution in [0.1, 0.15) is 42.0 Å². The third kappa shape index (κ3) is 2.52. The van der Waals surface area contributed by atoms with Gasteiger partial charge in [0.1, 0.15) is 11.9 Å². The Hall–Kier alpha value is -1.55. The predicted octanol–water partition coefficient (Wildman–Crippen LogP) is 2.42. The summed E-state index contributed by atoms with van der Waals surface area (Å²) in [5.74, 6) is 0.944. The Kier molecular flexibility index (Phi) is 3.66. The number of carbonyl (C=O) groups excluding carboxylic acids is 1. The molecule has 3 rings (SSSR count). The number of ether oxygens (including phenoxy) is 2. The normalized spacial score (nSPS) is 24.9. The van der Waals surface area contributed by atoms with Crippen molar-refractivity contribution in [3.8, 4) is 5.75 Å². The molecule has 0 bridgehead atoms. The fourth-order valence-electron chi connectivity index (χ4n) is 3.08. The smallest absolute Gasteiger partial charge is 0.249 e. The van der Waals surface area contributed by atoms with E-state index in [-0.39, 0.29) is 18.1 Å². The molecule has 2 atom stereocenters. The van der Waals surface area contributed by atoms with Gasteiger partial charge in [-0.15, -0.1) is 0 Å². The van der Waals surface area contributed by atoms with Crippen LogP contribution in [0, 0.1) is 13.8 Å². The van der Waals surface area contributed by atoms with E-state index in [2.05, 4.69) is 31.3 Å². The number of hydrogen-bond acceptors (Lipinski definition) is 3. The van der Waals surface area contributed by atoms with Crippen molar-refractivity contribution in [2.75, 3.05) is 13.2 Å². The van der Waals surface area contributed by atoms with E-state index in [1.165, 1.54) is 5.56 Å². The number of fused-ring (bicyclic) bond motifs is 1. The van der Waals surface area contributed by atoms with Gasteiger partial charge in [0.15, 0.2) is 0 Å². The van der Waals surface area contributed by atoms with Crippen LogP contribution < -0.4 is 10.1 Å². The summed E-state index contributed by atoms with van der Waals surface area (Å²) in [5.41, 5.74) is 3.43. The quantitative estimate of drug-likeness (QED) is 0.901. The lowest BCUT2D eigenvalue weighted by molar-refractivity contribution is -0.131. The van der Waals surface area contributed by atoms with E-state index >= 15 is 0 Å². The Balaban J connectivity index is 1.81. The molecule has 2 aliphatic heterocycles. The van der Waals surface area contributed by atoms with E-state index < -0.39 is 0 Å². The first-order valence-corrected chi connectivity index (χ1v) is 7.31. The molecule has 1 N–H and O–H groups in total. The van der Waals surface area contributed by atoms with Gasteiger partial charge >= 0.3 is 0 Å². The topological polar surface area (TPSA) is 47.6 Å². The van der Waals surface area contributed by atoms with Gasteiger partial charge in [0.25, 0.3) is 0 Å². The summed E-state index contributed by atoms with van der Waals surface area (Å²) in [7, 11) is 0. The molecule has 0 radical (unpaired) electrons. The van der Waals surface area contributed by atoms with Gasteiger partial charge in [0, 0.05) is 18.6 Å². The van der Waals surface area contributed by atoms with E-state index in [0.29, 0.717) is 13.2 Å². The van der Waals surface area contributed by atoms with Gasteiger partial charge in [-0.3, -0.25) is 4.79 Å². The van der Waals surface area contributed by atoms with Crippen LogP contribution in [0.15, 0.2) is 12.1 Å². The van der Waals surface area contributed by atoms with Gasteiger partial charge in [0.05, 0.1) is 12.6 Å². The van der Waals surface area contributed by atoms with E-state index in [0.717, 1.165) is 36.1 Å². The van der Waals surface area contributed by atoms with E-state index in [4.69, 9.17) is 9.47 Å². The Morgan fingerprint density at radius 1 is 1.25 bits per heavy atom. The predicted molar refractivity (Wildman–Crippen MR) is 75.9 cm³/mol. The molecule has 0 saturated carbocycles. The standard InChI is InChI=1S/C16H21NO3/c1-10-8-11(2)15-12(9-10)13(5-7-20-15)17-16(18)14-4-3-6-19-14/h8-9,13-14H,3-7H2,1-2H3,(H,17,18)/t13-,14+/m0/s1. The fourth-order valence-corrected chi connectivity index (χ4v) is 3.08. The third-order valence-corrected chi connectivity index (χ3v) is 4.01. The zero-order valence-corrected chi connectivity index (χ0v) is 12.1. The van der Waals surface area contributed by atoms with E-state index in [1.807, 2.05) is 0 Å². The van der Waals surface area contributed by atoms with Crippen LogP contribution >= 0.6 is 0 Å². The molecular weight excluding hydrogens is 254 g/mol. The number of benzene rings is 1. The molecule has 0 spiro atoms. The number of nitrogens with one attached hydrogen (secondary N) is 1.